The second-order valence-electron chi connectivity index (χ2n) is 6.14. The maximum absolute atomic E-state index is 12.5. The number of rotatable bonds is 5. The normalized spacial score (nSPS) is 13.2. The Morgan fingerprint density at radius 3 is 2.56 bits per heavy atom. The zero-order valence-corrected chi connectivity index (χ0v) is 14.9. The average Bonchev–Trinajstić information content (AvgIpc) is 3.41. The molecule has 5 nitrogen and oxygen atoms in total. The maximum Gasteiger partial charge on any atom is 0.341 e. The molecule has 1 aliphatic rings. The molecule has 1 amide bonds. The fourth-order valence-electron chi connectivity index (χ4n) is 2.42. The van der Waals surface area contributed by atoms with E-state index >= 15 is 0 Å². The van der Waals surface area contributed by atoms with Gasteiger partial charge >= 0.3 is 5.97 Å². The van der Waals surface area contributed by atoms with Gasteiger partial charge in [0.25, 0.3) is 0 Å². The third-order valence-corrected chi connectivity index (χ3v) is 5.35. The van der Waals surface area contributed by atoms with Crippen LogP contribution in [0.25, 0.3) is 0 Å². The predicted octanol–water partition coefficient (Wildman–Crippen LogP) is 3.94. The van der Waals surface area contributed by atoms with Crippen molar-refractivity contribution in [3.05, 3.63) is 51.4 Å². The van der Waals surface area contributed by atoms with Crippen molar-refractivity contribution in [3.63, 3.8) is 0 Å². The highest BCUT2D eigenvalue weighted by molar-refractivity contribution is 7.16. The molecule has 0 aliphatic heterocycles. The molecule has 1 aromatic carbocycles. The number of ether oxygens (including phenoxy) is 1. The van der Waals surface area contributed by atoms with E-state index in [9.17, 15) is 9.59 Å². The Labute approximate surface area is 150 Å². The van der Waals surface area contributed by atoms with Crippen molar-refractivity contribution in [3.8, 4) is 6.07 Å². The Morgan fingerprint density at radius 2 is 1.96 bits per heavy atom. The molecule has 0 bridgehead atoms. The number of thiophene rings is 1. The summed E-state index contributed by atoms with van der Waals surface area (Å²) in [6, 6.07) is 8.93. The van der Waals surface area contributed by atoms with E-state index in [4.69, 9.17) is 10.00 Å². The average molecular weight is 354 g/mol. The Balaban J connectivity index is 1.72. The molecule has 0 radical (unpaired) electrons. The molecule has 0 unspecified atom stereocenters. The minimum absolute atomic E-state index is 0.0256. The Hall–Kier alpha value is -2.65. The lowest BCUT2D eigenvalue weighted by Crippen LogP contribution is -2.16. The number of benzene rings is 1. The first-order chi connectivity index (χ1) is 12.0. The molecule has 1 fully saturated rings. The van der Waals surface area contributed by atoms with Crippen LogP contribution in [0.4, 0.5) is 5.00 Å². The lowest BCUT2D eigenvalue weighted by molar-refractivity contribution is -0.117. The number of nitriles is 1. The Bertz CT molecular complexity index is 858. The predicted molar refractivity (Wildman–Crippen MR) is 95.4 cm³/mol. The Morgan fingerprint density at radius 1 is 1.28 bits per heavy atom. The van der Waals surface area contributed by atoms with Crippen molar-refractivity contribution in [1.82, 2.24) is 0 Å². The highest BCUT2D eigenvalue weighted by Crippen LogP contribution is 2.36. The summed E-state index contributed by atoms with van der Waals surface area (Å²) < 4.78 is 5.41. The molecule has 1 aliphatic carbocycles. The zero-order chi connectivity index (χ0) is 18.0. The fourth-order valence-corrected chi connectivity index (χ4v) is 3.47. The van der Waals surface area contributed by atoms with Crippen LogP contribution < -0.4 is 5.32 Å². The molecular formula is C19H18N2O3S. The van der Waals surface area contributed by atoms with Gasteiger partial charge in [-0.05, 0) is 49.9 Å². The molecule has 6 heteroatoms. The van der Waals surface area contributed by atoms with Gasteiger partial charge in [0.1, 0.15) is 11.6 Å². The van der Waals surface area contributed by atoms with Crippen LogP contribution in [0.3, 0.4) is 0 Å². The van der Waals surface area contributed by atoms with Crippen LogP contribution in [0, 0.1) is 31.1 Å². The molecule has 0 saturated heterocycles. The molecule has 25 heavy (non-hydrogen) atoms. The van der Waals surface area contributed by atoms with E-state index in [-0.39, 0.29) is 18.4 Å². The number of carbonyl (C=O) groups is 2. The van der Waals surface area contributed by atoms with Gasteiger partial charge in [0.2, 0.25) is 5.91 Å². The monoisotopic (exact) mass is 354 g/mol. The number of hydrogen-bond donors (Lipinski definition) is 1. The summed E-state index contributed by atoms with van der Waals surface area (Å²) >= 11 is 1.40. The number of amides is 1. The summed E-state index contributed by atoms with van der Waals surface area (Å²) in [5.41, 5.74) is 2.64. The van der Waals surface area contributed by atoms with Crippen LogP contribution in [0.2, 0.25) is 0 Å². The minimum atomic E-state index is -0.447. The van der Waals surface area contributed by atoms with Gasteiger partial charge in [0.15, 0.2) is 0 Å². The van der Waals surface area contributed by atoms with E-state index in [2.05, 4.69) is 5.32 Å². The summed E-state index contributed by atoms with van der Waals surface area (Å²) in [6.45, 7) is 3.90. The lowest BCUT2D eigenvalue weighted by atomic mass is 10.1. The third kappa shape index (κ3) is 3.89. The van der Waals surface area contributed by atoms with Crippen molar-refractivity contribution in [2.75, 3.05) is 5.32 Å². The Kier molecular flexibility index (Phi) is 4.86. The molecule has 1 N–H and O–H groups in total. The first kappa shape index (κ1) is 17.2. The summed E-state index contributed by atoms with van der Waals surface area (Å²) in [5, 5.41) is 12.2. The van der Waals surface area contributed by atoms with E-state index in [0.29, 0.717) is 16.1 Å². The van der Waals surface area contributed by atoms with Crippen molar-refractivity contribution in [2.45, 2.75) is 33.3 Å². The van der Waals surface area contributed by atoms with Crippen molar-refractivity contribution in [2.24, 2.45) is 5.92 Å². The second-order valence-corrected chi connectivity index (χ2v) is 7.36. The number of anilines is 1. The van der Waals surface area contributed by atoms with E-state index in [1.165, 1.54) is 11.3 Å². The molecule has 1 saturated carbocycles. The van der Waals surface area contributed by atoms with Crippen LogP contribution in [0.5, 0.6) is 0 Å². The topological polar surface area (TPSA) is 79.2 Å². The molecule has 128 valence electrons. The second kappa shape index (κ2) is 7.08. The van der Waals surface area contributed by atoms with E-state index in [0.717, 1.165) is 28.8 Å². The molecule has 1 aromatic heterocycles. The van der Waals surface area contributed by atoms with Crippen LogP contribution in [-0.2, 0) is 16.1 Å². The van der Waals surface area contributed by atoms with Gasteiger partial charge in [-0.2, -0.15) is 5.26 Å². The highest BCUT2D eigenvalue weighted by Gasteiger charge is 2.31. The molecular weight excluding hydrogens is 336 g/mol. The number of esters is 1. The van der Waals surface area contributed by atoms with E-state index in [1.54, 1.807) is 24.3 Å². The van der Waals surface area contributed by atoms with Gasteiger partial charge < -0.3 is 10.1 Å². The quantitative estimate of drug-likeness (QED) is 0.825. The molecule has 3 rings (SSSR count). The largest absolute Gasteiger partial charge is 0.457 e. The summed E-state index contributed by atoms with van der Waals surface area (Å²) in [7, 11) is 0. The SMILES string of the molecule is Cc1sc(NC(=O)C2CC2)c(C(=O)OCc2ccc(C#N)cc2)c1C. The summed E-state index contributed by atoms with van der Waals surface area (Å²) in [4.78, 5) is 25.6. The summed E-state index contributed by atoms with van der Waals surface area (Å²) in [6.07, 6.45) is 1.82. The molecule has 2 aromatic rings. The van der Waals surface area contributed by atoms with E-state index < -0.39 is 5.97 Å². The van der Waals surface area contributed by atoms with Gasteiger partial charge in [-0.15, -0.1) is 11.3 Å². The van der Waals surface area contributed by atoms with Crippen LogP contribution in [0.15, 0.2) is 24.3 Å². The zero-order valence-electron chi connectivity index (χ0n) is 14.1. The lowest BCUT2D eigenvalue weighted by Gasteiger charge is -2.08. The van der Waals surface area contributed by atoms with E-state index in [1.807, 2.05) is 19.9 Å². The standard InChI is InChI=1S/C19H18N2O3S/c1-11-12(2)25-18(21-17(22)15-7-8-15)16(11)19(23)24-10-14-5-3-13(9-20)4-6-14/h3-6,15H,7-8,10H2,1-2H3,(H,21,22). The summed E-state index contributed by atoms with van der Waals surface area (Å²) in [5.74, 6) is -0.398. The molecule has 1 heterocycles. The minimum Gasteiger partial charge on any atom is -0.457 e. The van der Waals surface area contributed by atoms with Gasteiger partial charge in [0, 0.05) is 10.8 Å². The van der Waals surface area contributed by atoms with Crippen LogP contribution >= 0.6 is 11.3 Å². The number of carbonyl (C=O) groups excluding carboxylic acids is 2. The first-order valence-electron chi connectivity index (χ1n) is 8.06. The van der Waals surface area contributed by atoms with Gasteiger partial charge in [0.05, 0.1) is 17.2 Å². The van der Waals surface area contributed by atoms with Gasteiger partial charge in [-0.25, -0.2) is 4.79 Å². The number of hydrogen-bond acceptors (Lipinski definition) is 5. The fraction of sp³-hybridized carbons (Fsp3) is 0.316. The maximum atomic E-state index is 12.5. The van der Waals surface area contributed by atoms with Crippen LogP contribution in [0.1, 0.15) is 44.8 Å². The molecule has 0 spiro atoms. The van der Waals surface area contributed by atoms with Gasteiger partial charge in [-0.1, -0.05) is 12.1 Å². The van der Waals surface area contributed by atoms with Crippen molar-refractivity contribution < 1.29 is 14.3 Å². The smallest absolute Gasteiger partial charge is 0.341 e. The highest BCUT2D eigenvalue weighted by atomic mass is 32.1. The van der Waals surface area contributed by atoms with Crippen molar-refractivity contribution in [1.29, 1.82) is 5.26 Å². The first-order valence-corrected chi connectivity index (χ1v) is 8.88. The third-order valence-electron chi connectivity index (χ3n) is 4.23. The molecule has 0 atom stereocenters. The number of nitrogens with one attached hydrogen (secondary N) is 1. The van der Waals surface area contributed by atoms with Gasteiger partial charge in [-0.3, -0.25) is 4.79 Å². The van der Waals surface area contributed by atoms with Crippen LogP contribution in [-0.4, -0.2) is 11.9 Å². The number of nitrogens with zero attached hydrogens (tertiary/aromatic N) is 1. The van der Waals surface area contributed by atoms with Crippen molar-refractivity contribution >= 4 is 28.2 Å². The number of aryl methyl sites for hydroxylation is 1.